The van der Waals surface area contributed by atoms with Gasteiger partial charge in [-0.3, -0.25) is 0 Å². The average Bonchev–Trinajstić information content (AvgIpc) is 3.08. The van der Waals surface area contributed by atoms with E-state index in [1.165, 1.54) is 5.56 Å². The van der Waals surface area contributed by atoms with Crippen LogP contribution in [0, 0.1) is 6.92 Å². The highest BCUT2D eigenvalue weighted by Gasteiger charge is 2.12. The number of rotatable bonds is 6. The Hall–Kier alpha value is -3.02. The summed E-state index contributed by atoms with van der Waals surface area (Å²) in [4.78, 5) is 0. The number of benzene rings is 2. The molecule has 0 aliphatic heterocycles. The Balaban J connectivity index is 1.73. The van der Waals surface area contributed by atoms with Gasteiger partial charge in [-0.1, -0.05) is 12.1 Å². The van der Waals surface area contributed by atoms with Crippen LogP contribution < -0.4 is 14.8 Å². The molecule has 0 saturated heterocycles. The Labute approximate surface area is 140 Å². The van der Waals surface area contributed by atoms with E-state index < -0.39 is 0 Å². The third kappa shape index (κ3) is 3.48. The van der Waals surface area contributed by atoms with E-state index in [9.17, 15) is 0 Å². The zero-order valence-corrected chi connectivity index (χ0v) is 13.9. The van der Waals surface area contributed by atoms with Gasteiger partial charge in [0.15, 0.2) is 11.5 Å². The minimum atomic E-state index is 0.442. The number of ether oxygens (including phenoxy) is 2. The van der Waals surface area contributed by atoms with Crippen LogP contribution in [-0.2, 0) is 6.54 Å². The van der Waals surface area contributed by atoms with Crippen LogP contribution in [0.4, 0.5) is 5.69 Å². The van der Waals surface area contributed by atoms with Crippen molar-refractivity contribution in [2.75, 3.05) is 19.5 Å². The summed E-state index contributed by atoms with van der Waals surface area (Å²) in [5.74, 6) is 2.23. The van der Waals surface area contributed by atoms with E-state index in [-0.39, 0.29) is 0 Å². The lowest BCUT2D eigenvalue weighted by atomic mass is 10.2. The number of hydrogen-bond acceptors (Lipinski definition) is 6. The monoisotopic (exact) mass is 325 g/mol. The average molecular weight is 325 g/mol. The van der Waals surface area contributed by atoms with Gasteiger partial charge in [0, 0.05) is 11.3 Å². The maximum absolute atomic E-state index is 5.71. The van der Waals surface area contributed by atoms with Crippen LogP contribution in [0.2, 0.25) is 0 Å². The van der Waals surface area contributed by atoms with Gasteiger partial charge in [0.2, 0.25) is 11.8 Å². The first-order valence-electron chi connectivity index (χ1n) is 7.55. The van der Waals surface area contributed by atoms with Crippen molar-refractivity contribution >= 4 is 5.69 Å². The Morgan fingerprint density at radius 3 is 2.58 bits per heavy atom. The van der Waals surface area contributed by atoms with Gasteiger partial charge in [0.25, 0.3) is 0 Å². The molecule has 0 aliphatic rings. The molecule has 0 radical (unpaired) electrons. The van der Waals surface area contributed by atoms with Crippen molar-refractivity contribution in [3.8, 4) is 23.0 Å². The molecule has 1 heterocycles. The van der Waals surface area contributed by atoms with Crippen LogP contribution in [0.1, 0.15) is 11.5 Å². The molecule has 1 aromatic heterocycles. The van der Waals surface area contributed by atoms with E-state index in [1.54, 1.807) is 14.2 Å². The first kappa shape index (κ1) is 15.9. The maximum Gasteiger partial charge on any atom is 0.247 e. The number of anilines is 1. The third-order valence-corrected chi connectivity index (χ3v) is 3.56. The lowest BCUT2D eigenvalue weighted by Gasteiger charge is -2.07. The number of nitrogens with zero attached hydrogens (tertiary/aromatic N) is 2. The fourth-order valence-corrected chi connectivity index (χ4v) is 2.34. The lowest BCUT2D eigenvalue weighted by Crippen LogP contribution is -1.99. The highest BCUT2D eigenvalue weighted by atomic mass is 16.5. The first-order chi connectivity index (χ1) is 11.7. The van der Waals surface area contributed by atoms with E-state index in [0.717, 1.165) is 11.3 Å². The summed E-state index contributed by atoms with van der Waals surface area (Å²) in [6, 6.07) is 13.6. The van der Waals surface area contributed by atoms with Crippen molar-refractivity contribution in [3.63, 3.8) is 0 Å². The number of aromatic nitrogens is 2. The summed E-state index contributed by atoms with van der Waals surface area (Å²) in [6.07, 6.45) is 0. The summed E-state index contributed by atoms with van der Waals surface area (Å²) >= 11 is 0. The fraction of sp³-hybridized carbons (Fsp3) is 0.222. The van der Waals surface area contributed by atoms with Gasteiger partial charge >= 0.3 is 0 Å². The molecule has 124 valence electrons. The highest BCUT2D eigenvalue weighted by Crippen LogP contribution is 2.31. The molecule has 0 saturated carbocycles. The zero-order valence-electron chi connectivity index (χ0n) is 13.9. The molecule has 6 heteroatoms. The smallest absolute Gasteiger partial charge is 0.247 e. The van der Waals surface area contributed by atoms with Gasteiger partial charge in [-0.15, -0.1) is 10.2 Å². The molecule has 0 fully saturated rings. The molecule has 0 amide bonds. The van der Waals surface area contributed by atoms with Crippen LogP contribution in [0.5, 0.6) is 11.5 Å². The summed E-state index contributed by atoms with van der Waals surface area (Å²) in [6.45, 7) is 2.51. The molecule has 3 rings (SSSR count). The van der Waals surface area contributed by atoms with E-state index in [4.69, 9.17) is 13.9 Å². The lowest BCUT2D eigenvalue weighted by molar-refractivity contribution is 0.355. The minimum absolute atomic E-state index is 0.442. The second-order valence-electron chi connectivity index (χ2n) is 5.29. The van der Waals surface area contributed by atoms with Crippen molar-refractivity contribution in [2.45, 2.75) is 13.5 Å². The van der Waals surface area contributed by atoms with Gasteiger partial charge in [0.05, 0.1) is 20.8 Å². The Kier molecular flexibility index (Phi) is 4.65. The minimum Gasteiger partial charge on any atom is -0.493 e. The molecule has 0 atom stereocenters. The molecule has 24 heavy (non-hydrogen) atoms. The summed E-state index contributed by atoms with van der Waals surface area (Å²) < 4.78 is 16.2. The van der Waals surface area contributed by atoms with Gasteiger partial charge in [-0.2, -0.15) is 0 Å². The molecule has 1 N–H and O–H groups in total. The van der Waals surface area contributed by atoms with Crippen molar-refractivity contribution in [1.29, 1.82) is 0 Å². The second kappa shape index (κ2) is 7.04. The molecular formula is C18H19N3O3. The van der Waals surface area contributed by atoms with E-state index in [2.05, 4.69) is 21.6 Å². The van der Waals surface area contributed by atoms with Crippen LogP contribution in [0.15, 0.2) is 46.9 Å². The molecule has 6 nitrogen and oxygen atoms in total. The predicted molar refractivity (Wildman–Crippen MR) is 91.3 cm³/mol. The summed E-state index contributed by atoms with van der Waals surface area (Å²) in [5.41, 5.74) is 2.99. The Morgan fingerprint density at radius 2 is 1.83 bits per heavy atom. The molecule has 2 aromatic carbocycles. The van der Waals surface area contributed by atoms with Crippen LogP contribution in [0.25, 0.3) is 11.5 Å². The molecule has 0 aliphatic carbocycles. The number of methoxy groups -OCH3 is 2. The molecule has 0 bridgehead atoms. The number of aryl methyl sites for hydroxylation is 1. The second-order valence-corrected chi connectivity index (χ2v) is 5.29. The van der Waals surface area contributed by atoms with Crippen molar-refractivity contribution in [1.82, 2.24) is 10.2 Å². The standard InChI is InChI=1S/C18H19N3O3/c1-12-5-4-6-14(9-12)19-11-17-20-21-18(24-17)13-7-8-15(22-2)16(10-13)23-3/h4-10,19H,11H2,1-3H3. The highest BCUT2D eigenvalue weighted by molar-refractivity contribution is 5.59. The summed E-state index contributed by atoms with van der Waals surface area (Å²) in [7, 11) is 3.19. The Morgan fingerprint density at radius 1 is 1.00 bits per heavy atom. The Bertz CT molecular complexity index is 830. The third-order valence-electron chi connectivity index (χ3n) is 3.56. The van der Waals surface area contributed by atoms with Gasteiger partial charge in [-0.25, -0.2) is 0 Å². The number of hydrogen-bond donors (Lipinski definition) is 1. The van der Waals surface area contributed by atoms with E-state index in [1.807, 2.05) is 43.3 Å². The molecule has 0 unspecified atom stereocenters. The summed E-state index contributed by atoms with van der Waals surface area (Å²) in [5, 5.41) is 11.4. The van der Waals surface area contributed by atoms with Gasteiger partial charge < -0.3 is 19.2 Å². The maximum atomic E-state index is 5.71. The molecule has 0 spiro atoms. The van der Waals surface area contributed by atoms with Gasteiger partial charge in [-0.05, 0) is 42.8 Å². The van der Waals surface area contributed by atoms with E-state index >= 15 is 0 Å². The normalized spacial score (nSPS) is 10.5. The largest absolute Gasteiger partial charge is 0.493 e. The zero-order chi connectivity index (χ0) is 16.9. The fourth-order valence-electron chi connectivity index (χ4n) is 2.34. The van der Waals surface area contributed by atoms with Crippen molar-refractivity contribution in [2.24, 2.45) is 0 Å². The SMILES string of the molecule is COc1ccc(-c2nnc(CNc3cccc(C)c3)o2)cc1OC. The quantitative estimate of drug-likeness (QED) is 0.745. The predicted octanol–water partition coefficient (Wildman–Crippen LogP) is 3.67. The molecule has 3 aromatic rings. The van der Waals surface area contributed by atoms with Crippen LogP contribution in [0.3, 0.4) is 0 Å². The first-order valence-corrected chi connectivity index (χ1v) is 7.55. The van der Waals surface area contributed by atoms with Crippen molar-refractivity contribution in [3.05, 3.63) is 53.9 Å². The van der Waals surface area contributed by atoms with Crippen LogP contribution >= 0.6 is 0 Å². The van der Waals surface area contributed by atoms with Crippen LogP contribution in [-0.4, -0.2) is 24.4 Å². The molecular weight excluding hydrogens is 306 g/mol. The number of nitrogens with one attached hydrogen (secondary N) is 1. The van der Waals surface area contributed by atoms with Crippen molar-refractivity contribution < 1.29 is 13.9 Å². The topological polar surface area (TPSA) is 69.4 Å². The van der Waals surface area contributed by atoms with Gasteiger partial charge in [0.1, 0.15) is 0 Å². The van der Waals surface area contributed by atoms with E-state index in [0.29, 0.717) is 29.8 Å².